The Kier molecular flexibility index (Phi) is 3.67. The van der Waals surface area contributed by atoms with Crippen molar-refractivity contribution in [3.8, 4) is 0 Å². The van der Waals surface area contributed by atoms with Gasteiger partial charge in [0, 0.05) is 25.7 Å². The lowest BCUT2D eigenvalue weighted by molar-refractivity contribution is -0.133. The highest BCUT2D eigenvalue weighted by molar-refractivity contribution is 5.77. The van der Waals surface area contributed by atoms with Crippen LogP contribution in [0.5, 0.6) is 0 Å². The second-order valence-corrected chi connectivity index (χ2v) is 4.79. The number of amides is 1. The number of benzene rings is 1. The van der Waals surface area contributed by atoms with E-state index in [1.165, 1.54) is 5.56 Å². The summed E-state index contributed by atoms with van der Waals surface area (Å²) in [6.07, 6.45) is 2.89. The van der Waals surface area contributed by atoms with E-state index in [1.54, 1.807) is 0 Å². The summed E-state index contributed by atoms with van der Waals surface area (Å²) in [5.74, 6) is 0.287. The molecule has 0 atom stereocenters. The maximum Gasteiger partial charge on any atom is 0.223 e. The molecule has 1 fully saturated rings. The van der Waals surface area contributed by atoms with E-state index in [1.807, 2.05) is 11.9 Å². The Morgan fingerprint density at radius 1 is 1.24 bits per heavy atom. The number of hydrogen-bond acceptors (Lipinski definition) is 2. The largest absolute Gasteiger partial charge is 0.357 e. The van der Waals surface area contributed by atoms with Crippen molar-refractivity contribution < 1.29 is 4.79 Å². The van der Waals surface area contributed by atoms with E-state index in [2.05, 4.69) is 36.1 Å². The molecule has 0 N–H and O–H groups in total. The number of anilines is 1. The number of piperidine rings is 1. The number of likely N-dealkylation sites (tertiary alicyclic amines) is 1. The van der Waals surface area contributed by atoms with Crippen molar-refractivity contribution in [2.75, 3.05) is 25.2 Å². The monoisotopic (exact) mass is 232 g/mol. The second kappa shape index (κ2) is 5.21. The summed E-state index contributed by atoms with van der Waals surface area (Å²) < 4.78 is 0. The molecule has 92 valence electrons. The summed E-state index contributed by atoms with van der Waals surface area (Å²) in [6.45, 7) is 3.68. The summed E-state index contributed by atoms with van der Waals surface area (Å²) in [5, 5.41) is 0. The van der Waals surface area contributed by atoms with Gasteiger partial charge in [-0.1, -0.05) is 17.7 Å². The maximum absolute atomic E-state index is 11.7. The Balaban J connectivity index is 1.98. The molecule has 17 heavy (non-hydrogen) atoms. The van der Waals surface area contributed by atoms with Crippen molar-refractivity contribution >= 4 is 11.6 Å². The normalized spacial score (nSPS) is 16.1. The molecule has 1 aliphatic rings. The van der Waals surface area contributed by atoms with E-state index in [9.17, 15) is 4.79 Å². The van der Waals surface area contributed by atoms with E-state index in [4.69, 9.17) is 0 Å². The Bertz CT molecular complexity index is 386. The molecule has 1 aromatic rings. The smallest absolute Gasteiger partial charge is 0.223 e. The van der Waals surface area contributed by atoms with Gasteiger partial charge in [0.15, 0.2) is 0 Å². The lowest BCUT2D eigenvalue weighted by Gasteiger charge is -2.32. The molecule has 0 radical (unpaired) electrons. The van der Waals surface area contributed by atoms with Crippen molar-refractivity contribution in [1.29, 1.82) is 0 Å². The quantitative estimate of drug-likeness (QED) is 0.799. The Labute approximate surface area is 103 Å². The topological polar surface area (TPSA) is 23.6 Å². The fourth-order valence-corrected chi connectivity index (χ4v) is 2.15. The number of nitrogens with zero attached hydrogens (tertiary/aromatic N) is 2. The predicted molar refractivity (Wildman–Crippen MR) is 70.0 cm³/mol. The van der Waals surface area contributed by atoms with Crippen LogP contribution in [0.4, 0.5) is 5.69 Å². The zero-order valence-electron chi connectivity index (χ0n) is 10.6. The Morgan fingerprint density at radius 2 is 1.94 bits per heavy atom. The number of carbonyl (C=O) groups is 1. The lowest BCUT2D eigenvalue weighted by atomic mass is 10.1. The fraction of sp³-hybridized carbons (Fsp3) is 0.500. The van der Waals surface area contributed by atoms with Crippen LogP contribution in [0.3, 0.4) is 0 Å². The lowest BCUT2D eigenvalue weighted by Crippen LogP contribution is -2.42. The highest BCUT2D eigenvalue weighted by Crippen LogP contribution is 2.16. The van der Waals surface area contributed by atoms with Gasteiger partial charge in [0.05, 0.1) is 6.67 Å². The van der Waals surface area contributed by atoms with Crippen LogP contribution < -0.4 is 4.90 Å². The average Bonchev–Trinajstić information content (AvgIpc) is 2.33. The van der Waals surface area contributed by atoms with Crippen molar-refractivity contribution in [1.82, 2.24) is 4.90 Å². The highest BCUT2D eigenvalue weighted by atomic mass is 16.2. The van der Waals surface area contributed by atoms with Gasteiger partial charge in [0.2, 0.25) is 5.91 Å². The van der Waals surface area contributed by atoms with E-state index >= 15 is 0 Å². The third kappa shape index (κ3) is 2.99. The van der Waals surface area contributed by atoms with Gasteiger partial charge in [-0.15, -0.1) is 0 Å². The number of carbonyl (C=O) groups excluding carboxylic acids is 1. The van der Waals surface area contributed by atoms with Crippen LogP contribution in [0.2, 0.25) is 0 Å². The molecular formula is C14H20N2O. The van der Waals surface area contributed by atoms with E-state index < -0.39 is 0 Å². The molecule has 3 heteroatoms. The van der Waals surface area contributed by atoms with Crippen LogP contribution in [-0.4, -0.2) is 31.1 Å². The number of aryl methyl sites for hydroxylation is 1. The molecule has 1 amide bonds. The molecule has 1 aromatic carbocycles. The van der Waals surface area contributed by atoms with Gasteiger partial charge in [-0.05, 0) is 31.9 Å². The van der Waals surface area contributed by atoms with Crippen molar-refractivity contribution in [3.63, 3.8) is 0 Å². The van der Waals surface area contributed by atoms with E-state index in [0.717, 1.165) is 25.1 Å². The molecule has 0 bridgehead atoms. The summed E-state index contributed by atoms with van der Waals surface area (Å²) in [5.41, 5.74) is 2.42. The average molecular weight is 232 g/mol. The molecular weight excluding hydrogens is 212 g/mol. The molecule has 1 saturated heterocycles. The molecule has 1 heterocycles. The van der Waals surface area contributed by atoms with Gasteiger partial charge in [0.1, 0.15) is 0 Å². The van der Waals surface area contributed by atoms with Crippen LogP contribution in [0.15, 0.2) is 24.3 Å². The molecule has 3 nitrogen and oxygen atoms in total. The van der Waals surface area contributed by atoms with Gasteiger partial charge >= 0.3 is 0 Å². The first-order chi connectivity index (χ1) is 8.16. The van der Waals surface area contributed by atoms with Crippen LogP contribution in [0, 0.1) is 6.92 Å². The standard InChI is InChI=1S/C14H20N2O/c1-12-6-8-13(9-7-12)15(2)11-16-10-4-3-5-14(16)17/h6-9H,3-5,10-11H2,1-2H3. The van der Waals surface area contributed by atoms with Crippen LogP contribution in [0.1, 0.15) is 24.8 Å². The molecule has 0 aliphatic carbocycles. The van der Waals surface area contributed by atoms with Gasteiger partial charge < -0.3 is 9.80 Å². The summed E-state index contributed by atoms with van der Waals surface area (Å²) in [6, 6.07) is 8.40. The first-order valence-corrected chi connectivity index (χ1v) is 6.22. The van der Waals surface area contributed by atoms with E-state index in [-0.39, 0.29) is 5.91 Å². The third-order valence-electron chi connectivity index (χ3n) is 3.28. The molecule has 0 aromatic heterocycles. The molecule has 0 spiro atoms. The molecule has 0 saturated carbocycles. The minimum atomic E-state index is 0.287. The first kappa shape index (κ1) is 12.0. The minimum absolute atomic E-state index is 0.287. The van der Waals surface area contributed by atoms with Gasteiger partial charge in [0.25, 0.3) is 0 Å². The van der Waals surface area contributed by atoms with E-state index in [0.29, 0.717) is 13.1 Å². The van der Waals surface area contributed by atoms with Crippen molar-refractivity contribution in [2.24, 2.45) is 0 Å². The SMILES string of the molecule is Cc1ccc(N(C)CN2CCCCC2=O)cc1. The zero-order chi connectivity index (χ0) is 12.3. The molecule has 2 rings (SSSR count). The predicted octanol–water partition coefficient (Wildman–Crippen LogP) is 2.40. The zero-order valence-corrected chi connectivity index (χ0v) is 10.6. The van der Waals surface area contributed by atoms with Crippen molar-refractivity contribution in [3.05, 3.63) is 29.8 Å². The Morgan fingerprint density at radius 3 is 2.59 bits per heavy atom. The third-order valence-corrected chi connectivity index (χ3v) is 3.28. The molecule has 1 aliphatic heterocycles. The maximum atomic E-state index is 11.7. The Hall–Kier alpha value is -1.51. The fourth-order valence-electron chi connectivity index (χ4n) is 2.15. The van der Waals surface area contributed by atoms with Crippen LogP contribution >= 0.6 is 0 Å². The van der Waals surface area contributed by atoms with Crippen LogP contribution in [0.25, 0.3) is 0 Å². The highest BCUT2D eigenvalue weighted by Gasteiger charge is 2.18. The minimum Gasteiger partial charge on any atom is -0.357 e. The van der Waals surface area contributed by atoms with Gasteiger partial charge in [-0.25, -0.2) is 0 Å². The van der Waals surface area contributed by atoms with Gasteiger partial charge in [-0.3, -0.25) is 4.79 Å². The van der Waals surface area contributed by atoms with Crippen LogP contribution in [-0.2, 0) is 4.79 Å². The summed E-state index contributed by atoms with van der Waals surface area (Å²) >= 11 is 0. The van der Waals surface area contributed by atoms with Gasteiger partial charge in [-0.2, -0.15) is 0 Å². The summed E-state index contributed by atoms with van der Waals surface area (Å²) in [7, 11) is 2.03. The summed E-state index contributed by atoms with van der Waals surface area (Å²) in [4.78, 5) is 15.8. The number of hydrogen-bond donors (Lipinski definition) is 0. The number of rotatable bonds is 3. The molecule has 0 unspecified atom stereocenters. The first-order valence-electron chi connectivity index (χ1n) is 6.22. The second-order valence-electron chi connectivity index (χ2n) is 4.79. The van der Waals surface area contributed by atoms with Crippen molar-refractivity contribution in [2.45, 2.75) is 26.2 Å².